The largest absolute Gasteiger partial charge is 0.481 e. The summed E-state index contributed by atoms with van der Waals surface area (Å²) in [6.07, 6.45) is -3.12. The molecule has 5 rings (SSSR count). The second-order valence-corrected chi connectivity index (χ2v) is 17.9. The standard InChI is InChI=1S/C47H56FN4O9P/c1-30(2)44-43(42(33-12-8-6-9-13-33)45(34-16-18-35(48)19-17-34)52(44)26-24-38(53)28-39(54)29-41(55)56)46(57)50-37-22-20-36(21-23-37)49-25-27-62(59,61-40-14-10-7-11-15-40)51-32(5)47(58)60-31(3)4/h6-23,30-32,38-39,49,53-54H,24-29H2,1-5H3,(H,50,57)(H,51,59)(H,55,56)/t32-,38+,39+,62?/m0/s1. The molecule has 15 heteroatoms. The van der Waals surface area contributed by atoms with Gasteiger partial charge in [0.25, 0.3) is 5.91 Å². The van der Waals surface area contributed by atoms with Gasteiger partial charge in [0, 0.05) is 35.7 Å². The van der Waals surface area contributed by atoms with Crippen LogP contribution in [0.1, 0.15) is 75.9 Å². The van der Waals surface area contributed by atoms with Crippen LogP contribution in [0, 0.1) is 5.82 Å². The van der Waals surface area contributed by atoms with Crippen molar-refractivity contribution in [3.05, 3.63) is 126 Å². The number of benzene rings is 4. The van der Waals surface area contributed by atoms with Crippen molar-refractivity contribution in [3.8, 4) is 28.1 Å². The maximum Gasteiger partial charge on any atom is 0.323 e. The summed E-state index contributed by atoms with van der Waals surface area (Å²) >= 11 is 0. The van der Waals surface area contributed by atoms with Gasteiger partial charge in [-0.3, -0.25) is 18.9 Å². The average molecular weight is 871 g/mol. The number of carboxylic acid groups (broad SMARTS) is 1. The summed E-state index contributed by atoms with van der Waals surface area (Å²) < 4.78 is 41.6. The van der Waals surface area contributed by atoms with Gasteiger partial charge >= 0.3 is 19.5 Å². The number of aliphatic hydroxyl groups excluding tert-OH is 2. The zero-order chi connectivity index (χ0) is 45.0. The van der Waals surface area contributed by atoms with Crippen LogP contribution in [0.3, 0.4) is 0 Å². The number of carbonyl (C=O) groups excluding carboxylic acids is 2. The van der Waals surface area contributed by atoms with Gasteiger partial charge in [0.05, 0.1) is 42.2 Å². The molecule has 62 heavy (non-hydrogen) atoms. The normalized spacial score (nSPS) is 13.8. The van der Waals surface area contributed by atoms with E-state index in [1.165, 1.54) is 12.1 Å². The van der Waals surface area contributed by atoms with E-state index in [1.54, 1.807) is 81.4 Å². The third-order valence-corrected chi connectivity index (χ3v) is 12.0. The molecule has 0 saturated heterocycles. The Morgan fingerprint density at radius 1 is 0.790 bits per heavy atom. The average Bonchev–Trinajstić information content (AvgIpc) is 3.56. The fourth-order valence-corrected chi connectivity index (χ4v) is 9.01. The van der Waals surface area contributed by atoms with Crippen LogP contribution in [0.15, 0.2) is 109 Å². The molecule has 0 aliphatic carbocycles. The molecule has 0 spiro atoms. The highest BCUT2D eigenvalue weighted by molar-refractivity contribution is 7.57. The lowest BCUT2D eigenvalue weighted by atomic mass is 9.94. The van der Waals surface area contributed by atoms with Crippen LogP contribution in [0.5, 0.6) is 5.75 Å². The summed E-state index contributed by atoms with van der Waals surface area (Å²) in [5, 5.41) is 39.5. The first-order valence-electron chi connectivity index (χ1n) is 20.7. The molecule has 1 unspecified atom stereocenters. The molecule has 5 aromatic rings. The molecule has 0 radical (unpaired) electrons. The summed E-state index contributed by atoms with van der Waals surface area (Å²) in [6, 6.07) is 30.1. The van der Waals surface area contributed by atoms with E-state index in [0.717, 1.165) is 5.56 Å². The van der Waals surface area contributed by atoms with Crippen LogP contribution in [0.2, 0.25) is 0 Å². The zero-order valence-corrected chi connectivity index (χ0v) is 36.5. The fraction of sp³-hybridized carbons (Fsp3) is 0.340. The number of para-hydroxylation sites is 1. The number of rotatable bonds is 22. The van der Waals surface area contributed by atoms with E-state index >= 15 is 0 Å². The molecular weight excluding hydrogens is 815 g/mol. The summed E-state index contributed by atoms with van der Waals surface area (Å²) in [4.78, 5) is 38.4. The van der Waals surface area contributed by atoms with Crippen LogP contribution in [0.25, 0.3) is 22.4 Å². The second-order valence-electron chi connectivity index (χ2n) is 15.7. The minimum Gasteiger partial charge on any atom is -0.481 e. The quantitative estimate of drug-likeness (QED) is 0.0288. The van der Waals surface area contributed by atoms with Crippen molar-refractivity contribution in [2.45, 2.75) is 90.7 Å². The van der Waals surface area contributed by atoms with Gasteiger partial charge in [-0.2, -0.15) is 0 Å². The summed E-state index contributed by atoms with van der Waals surface area (Å²) in [7, 11) is -3.62. The Bertz CT molecular complexity index is 2300. The summed E-state index contributed by atoms with van der Waals surface area (Å²) in [5.41, 5.74) is 4.85. The lowest BCUT2D eigenvalue weighted by Gasteiger charge is -2.24. The monoisotopic (exact) mass is 870 g/mol. The predicted octanol–water partition coefficient (Wildman–Crippen LogP) is 8.93. The molecule has 0 aliphatic heterocycles. The molecule has 4 atom stereocenters. The van der Waals surface area contributed by atoms with Crippen LogP contribution < -0.4 is 20.2 Å². The molecule has 330 valence electrons. The third kappa shape index (κ3) is 13.1. The van der Waals surface area contributed by atoms with Gasteiger partial charge in [-0.05, 0) is 111 Å². The second kappa shape index (κ2) is 21.8. The Balaban J connectivity index is 1.41. The molecule has 0 aliphatic rings. The van der Waals surface area contributed by atoms with Gasteiger partial charge < -0.3 is 39.8 Å². The Morgan fingerprint density at radius 3 is 2.00 bits per heavy atom. The highest BCUT2D eigenvalue weighted by Gasteiger charge is 2.32. The number of nitrogens with zero attached hydrogens (tertiary/aromatic N) is 1. The number of halogens is 1. The topological polar surface area (TPSA) is 188 Å². The van der Waals surface area contributed by atoms with Gasteiger partial charge in [-0.1, -0.05) is 62.4 Å². The first-order valence-corrected chi connectivity index (χ1v) is 22.5. The van der Waals surface area contributed by atoms with Gasteiger partial charge in [0.15, 0.2) is 0 Å². The van der Waals surface area contributed by atoms with E-state index in [1.807, 2.05) is 54.8 Å². The highest BCUT2D eigenvalue weighted by atomic mass is 31.2. The number of nitrogens with one attached hydrogen (secondary N) is 3. The van der Waals surface area contributed by atoms with Crippen LogP contribution in [-0.2, 0) is 25.4 Å². The Hall–Kier alpha value is -5.79. The van der Waals surface area contributed by atoms with E-state index in [0.29, 0.717) is 45.2 Å². The molecule has 1 heterocycles. The predicted molar refractivity (Wildman–Crippen MR) is 239 cm³/mol. The van der Waals surface area contributed by atoms with Crippen molar-refractivity contribution in [2.24, 2.45) is 0 Å². The smallest absolute Gasteiger partial charge is 0.323 e. The number of aliphatic hydroxyl groups is 2. The minimum atomic E-state index is -3.62. The summed E-state index contributed by atoms with van der Waals surface area (Å²) in [5.74, 6) is -2.38. The van der Waals surface area contributed by atoms with E-state index < -0.39 is 55.9 Å². The van der Waals surface area contributed by atoms with Gasteiger partial charge in [-0.15, -0.1) is 0 Å². The van der Waals surface area contributed by atoms with Crippen molar-refractivity contribution < 1.29 is 47.9 Å². The van der Waals surface area contributed by atoms with Gasteiger partial charge in [0.2, 0.25) is 0 Å². The van der Waals surface area contributed by atoms with Gasteiger partial charge in [-0.25, -0.2) is 9.48 Å². The molecule has 1 amide bonds. The van der Waals surface area contributed by atoms with Crippen molar-refractivity contribution >= 4 is 36.7 Å². The van der Waals surface area contributed by atoms with E-state index in [2.05, 4.69) is 15.7 Å². The molecule has 13 nitrogen and oxygen atoms in total. The summed E-state index contributed by atoms with van der Waals surface area (Å²) in [6.45, 7) is 9.36. The van der Waals surface area contributed by atoms with E-state index in [4.69, 9.17) is 14.4 Å². The third-order valence-electron chi connectivity index (χ3n) is 9.87. The molecule has 0 fully saturated rings. The van der Waals surface area contributed by atoms with Crippen molar-refractivity contribution in [3.63, 3.8) is 0 Å². The van der Waals surface area contributed by atoms with Gasteiger partial charge in [0.1, 0.15) is 17.6 Å². The lowest BCUT2D eigenvalue weighted by molar-refractivity contribution is -0.149. The van der Waals surface area contributed by atoms with Crippen molar-refractivity contribution in [1.29, 1.82) is 0 Å². The molecular formula is C47H56FN4O9P. The molecule has 4 aromatic carbocycles. The molecule has 0 bridgehead atoms. The maximum atomic E-state index is 14.7. The van der Waals surface area contributed by atoms with Crippen LogP contribution >= 0.6 is 7.52 Å². The number of esters is 1. The Morgan fingerprint density at radius 2 is 1.40 bits per heavy atom. The number of aromatic nitrogens is 1. The van der Waals surface area contributed by atoms with Crippen LogP contribution in [-0.4, -0.2) is 74.8 Å². The molecule has 1 aromatic heterocycles. The van der Waals surface area contributed by atoms with E-state index in [9.17, 15) is 33.6 Å². The number of carbonyl (C=O) groups is 3. The SMILES string of the molecule is CC(C)OC(=O)[C@H](C)NP(=O)(CCNc1ccc(NC(=O)c2c(-c3ccccc3)c(-c3ccc(F)cc3)n(CC[C@@H](O)C[C@@H](O)CC(=O)O)c2C(C)C)cc1)Oc1ccccc1. The number of hydrogen-bond donors (Lipinski definition) is 6. The first kappa shape index (κ1) is 47.3. The minimum absolute atomic E-state index is 0.0211. The Kier molecular flexibility index (Phi) is 16.6. The van der Waals surface area contributed by atoms with Crippen molar-refractivity contribution in [2.75, 3.05) is 23.3 Å². The number of ether oxygens (including phenoxy) is 1. The maximum absolute atomic E-state index is 14.7. The molecule has 0 saturated carbocycles. The molecule has 6 N–H and O–H groups in total. The van der Waals surface area contributed by atoms with Crippen LogP contribution in [0.4, 0.5) is 15.8 Å². The number of hydrogen-bond acceptors (Lipinski definition) is 9. The number of amides is 1. The first-order chi connectivity index (χ1) is 29.5. The Labute approximate surface area is 361 Å². The van der Waals surface area contributed by atoms with E-state index in [-0.39, 0.29) is 44.1 Å². The fourth-order valence-electron chi connectivity index (χ4n) is 7.17. The highest BCUT2D eigenvalue weighted by Crippen LogP contribution is 2.44. The zero-order valence-electron chi connectivity index (χ0n) is 35.6. The van der Waals surface area contributed by atoms with Crippen molar-refractivity contribution in [1.82, 2.24) is 9.65 Å². The number of aliphatic carboxylic acids is 1. The lowest BCUT2D eigenvalue weighted by Crippen LogP contribution is -2.37. The number of carboxylic acids is 1. The number of anilines is 2.